The molecule has 0 radical (unpaired) electrons. The molecule has 1 rings (SSSR count). The second kappa shape index (κ2) is 4.97. The fourth-order valence-corrected chi connectivity index (χ4v) is 0.700. The Bertz CT molecular complexity index is 203. The summed E-state index contributed by atoms with van der Waals surface area (Å²) in [5, 5.41) is 0.737. The Morgan fingerprint density at radius 2 is 1.70 bits per heavy atom. The summed E-state index contributed by atoms with van der Waals surface area (Å²) in [5.74, 6) is 0. The first-order valence-electron chi connectivity index (χ1n) is 2.63. The maximum atomic E-state index is 5.61. The van der Waals surface area contributed by atoms with Gasteiger partial charge in [-0.05, 0) is 0 Å². The molecule has 0 fully saturated rings. The van der Waals surface area contributed by atoms with Crippen LogP contribution in [0.2, 0.25) is 5.02 Å². The number of rotatable bonds is 1. The molecule has 46 valence electrons. The van der Waals surface area contributed by atoms with Gasteiger partial charge >= 0.3 is 29.6 Å². The summed E-state index contributed by atoms with van der Waals surface area (Å²) in [7, 11) is 0. The van der Waals surface area contributed by atoms with Gasteiger partial charge in [0.05, 0.1) is 0 Å². The fourth-order valence-electron chi connectivity index (χ4n) is 0.574. The Hall–Kier alpha value is 0.250. The van der Waals surface area contributed by atoms with E-state index in [2.05, 4.69) is 0 Å². The number of hydrogen-bond acceptors (Lipinski definition) is 0. The second-order valence-electron chi connectivity index (χ2n) is 1.72. The summed E-state index contributed by atoms with van der Waals surface area (Å²) in [4.78, 5) is 0. The summed E-state index contributed by atoms with van der Waals surface area (Å²) >= 11 is 5.61. The van der Waals surface area contributed by atoms with Crippen molar-refractivity contribution in [3.05, 3.63) is 41.4 Å². The van der Waals surface area contributed by atoms with Gasteiger partial charge in [0.15, 0.2) is 0 Å². The molecule has 0 saturated heterocycles. The molecule has 1 aromatic rings. The van der Waals surface area contributed by atoms with Crippen molar-refractivity contribution in [2.45, 2.75) is 0 Å². The molecule has 0 nitrogen and oxygen atoms in total. The summed E-state index contributed by atoms with van der Waals surface area (Å²) < 4.78 is 0. The number of hydrogen-bond donors (Lipinski definition) is 0. The van der Waals surface area contributed by atoms with Crippen LogP contribution in [-0.4, -0.2) is 0 Å². The average Bonchev–Trinajstić information content (AvgIpc) is 1.90. The van der Waals surface area contributed by atoms with E-state index >= 15 is 0 Å². The fraction of sp³-hybridized carbons (Fsp3) is 0. The summed E-state index contributed by atoms with van der Waals surface area (Å²) in [5.41, 5.74) is 0.986. The third kappa shape index (κ3) is 2.89. The van der Waals surface area contributed by atoms with Crippen LogP contribution in [0.3, 0.4) is 0 Å². The minimum Gasteiger partial charge on any atom is -0.292 e. The zero-order chi connectivity index (χ0) is 6.69. The zero-order valence-electron chi connectivity index (χ0n) is 5.84. The van der Waals surface area contributed by atoms with Crippen molar-refractivity contribution < 1.29 is 29.6 Å². The third-order valence-corrected chi connectivity index (χ3v) is 1.31. The quantitative estimate of drug-likeness (QED) is 0.394. The molecule has 0 aliphatic heterocycles. The van der Waals surface area contributed by atoms with E-state index in [4.69, 9.17) is 18.2 Å². The zero-order valence-corrected chi connectivity index (χ0v) is 8.60. The van der Waals surface area contributed by atoms with E-state index in [1.165, 1.54) is 6.08 Å². The topological polar surface area (TPSA) is 0 Å². The monoisotopic (exact) mass is 160 g/mol. The van der Waals surface area contributed by atoms with Crippen LogP contribution in [0.4, 0.5) is 0 Å². The maximum absolute atomic E-state index is 5.61. The van der Waals surface area contributed by atoms with Crippen molar-refractivity contribution in [1.29, 1.82) is 0 Å². The van der Waals surface area contributed by atoms with E-state index in [0.717, 1.165) is 10.6 Å². The second-order valence-corrected chi connectivity index (χ2v) is 2.15. The van der Waals surface area contributed by atoms with E-state index in [1.54, 1.807) is 12.1 Å². The van der Waals surface area contributed by atoms with Crippen LogP contribution < -0.4 is 29.6 Å². The smallest absolute Gasteiger partial charge is 0.292 e. The summed E-state index contributed by atoms with van der Waals surface area (Å²) in [6.07, 6.45) is 1.54. The van der Waals surface area contributed by atoms with E-state index in [-0.39, 0.29) is 29.6 Å². The Morgan fingerprint density at radius 1 is 1.20 bits per heavy atom. The minimum absolute atomic E-state index is 0. The first-order chi connectivity index (χ1) is 4.33. The van der Waals surface area contributed by atoms with E-state index in [1.807, 2.05) is 12.1 Å². The summed E-state index contributed by atoms with van der Waals surface area (Å²) in [6.45, 7) is 5.23. The molecule has 0 heterocycles. The van der Waals surface area contributed by atoms with Crippen molar-refractivity contribution >= 4 is 17.7 Å². The SMILES string of the molecule is [CH-]=Cc1ccc(Cl)cc1.[Na+]. The van der Waals surface area contributed by atoms with Crippen molar-refractivity contribution in [1.82, 2.24) is 0 Å². The largest absolute Gasteiger partial charge is 1.00 e. The molecule has 2 heteroatoms. The Balaban J connectivity index is 0.000000810. The predicted molar refractivity (Wildman–Crippen MR) is 40.2 cm³/mol. The van der Waals surface area contributed by atoms with Gasteiger partial charge in [-0.2, -0.15) is 5.56 Å². The van der Waals surface area contributed by atoms with E-state index in [9.17, 15) is 0 Å². The predicted octanol–water partition coefficient (Wildman–Crippen LogP) is -0.210. The van der Waals surface area contributed by atoms with Gasteiger partial charge in [0.25, 0.3) is 0 Å². The van der Waals surface area contributed by atoms with Gasteiger partial charge in [-0.15, -0.1) is 12.1 Å². The van der Waals surface area contributed by atoms with Gasteiger partial charge in [0.1, 0.15) is 0 Å². The van der Waals surface area contributed by atoms with Crippen molar-refractivity contribution in [3.63, 3.8) is 0 Å². The first-order valence-corrected chi connectivity index (χ1v) is 3.01. The molecule has 0 amide bonds. The molecule has 0 aromatic heterocycles. The Labute approximate surface area is 88.2 Å². The van der Waals surface area contributed by atoms with Gasteiger partial charge < -0.3 is 0 Å². The molecule has 0 aliphatic rings. The number of halogens is 1. The molecule has 0 N–H and O–H groups in total. The van der Waals surface area contributed by atoms with Crippen LogP contribution in [0.5, 0.6) is 0 Å². The molecule has 0 atom stereocenters. The third-order valence-electron chi connectivity index (χ3n) is 1.06. The van der Waals surface area contributed by atoms with Crippen molar-refractivity contribution in [2.24, 2.45) is 0 Å². The van der Waals surface area contributed by atoms with Crippen LogP contribution in [0.1, 0.15) is 5.56 Å². The minimum atomic E-state index is 0. The molecular weight excluding hydrogens is 155 g/mol. The molecule has 0 unspecified atom stereocenters. The Kier molecular flexibility index (Phi) is 5.10. The standard InChI is InChI=1S/C8H6Cl.Na/c1-2-7-3-5-8(9)6-4-7;/h1-6H;/q-1;+1. The van der Waals surface area contributed by atoms with Crippen LogP contribution in [0.25, 0.3) is 6.08 Å². The van der Waals surface area contributed by atoms with Crippen LogP contribution in [-0.2, 0) is 0 Å². The summed E-state index contributed by atoms with van der Waals surface area (Å²) in [6, 6.07) is 7.34. The molecule has 10 heavy (non-hydrogen) atoms. The van der Waals surface area contributed by atoms with Gasteiger partial charge in [-0.25, -0.2) is 6.08 Å². The van der Waals surface area contributed by atoms with E-state index in [0.29, 0.717) is 0 Å². The van der Waals surface area contributed by atoms with Crippen molar-refractivity contribution in [3.8, 4) is 0 Å². The van der Waals surface area contributed by atoms with Crippen LogP contribution >= 0.6 is 11.6 Å². The van der Waals surface area contributed by atoms with Crippen molar-refractivity contribution in [2.75, 3.05) is 0 Å². The Morgan fingerprint density at radius 3 is 2.10 bits per heavy atom. The number of benzene rings is 1. The van der Waals surface area contributed by atoms with Gasteiger partial charge in [0.2, 0.25) is 0 Å². The molecule has 0 spiro atoms. The molecule has 1 aromatic carbocycles. The van der Waals surface area contributed by atoms with Crippen LogP contribution in [0, 0.1) is 6.58 Å². The molecule has 0 aliphatic carbocycles. The van der Waals surface area contributed by atoms with Gasteiger partial charge in [-0.3, -0.25) is 6.58 Å². The van der Waals surface area contributed by atoms with Gasteiger partial charge in [0, 0.05) is 5.02 Å². The molecule has 0 saturated carbocycles. The van der Waals surface area contributed by atoms with Gasteiger partial charge in [-0.1, -0.05) is 23.7 Å². The normalized spacial score (nSPS) is 8.10. The van der Waals surface area contributed by atoms with E-state index < -0.39 is 0 Å². The molecular formula is C8H6ClNa. The molecule has 0 bridgehead atoms. The first kappa shape index (κ1) is 10.2. The average molecular weight is 161 g/mol. The maximum Gasteiger partial charge on any atom is 1.00 e. The van der Waals surface area contributed by atoms with Crippen LogP contribution in [0.15, 0.2) is 24.3 Å².